The van der Waals surface area contributed by atoms with Crippen molar-refractivity contribution in [2.75, 3.05) is 40.1 Å². The lowest BCUT2D eigenvalue weighted by Crippen LogP contribution is -2.39. The zero-order valence-corrected chi connectivity index (χ0v) is 11.2. The molecule has 0 aromatic heterocycles. The van der Waals surface area contributed by atoms with E-state index in [1.54, 1.807) is 7.11 Å². The summed E-state index contributed by atoms with van der Waals surface area (Å²) in [5, 5.41) is 3.42. The van der Waals surface area contributed by atoms with Crippen molar-refractivity contribution in [2.24, 2.45) is 0 Å². The van der Waals surface area contributed by atoms with Crippen LogP contribution in [0.1, 0.15) is 32.6 Å². The van der Waals surface area contributed by atoms with Crippen LogP contribution in [0.25, 0.3) is 0 Å². The molecular weight excluding hydrogens is 218 g/mol. The van der Waals surface area contributed by atoms with Crippen molar-refractivity contribution in [2.45, 2.75) is 44.8 Å². The third-order valence-electron chi connectivity index (χ3n) is 2.95. The van der Waals surface area contributed by atoms with Gasteiger partial charge in [-0.1, -0.05) is 6.92 Å². The Labute approximate surface area is 105 Å². The van der Waals surface area contributed by atoms with Gasteiger partial charge in [0.05, 0.1) is 32.0 Å². The Bertz CT molecular complexity index is 172. The molecule has 0 aromatic rings. The zero-order chi connectivity index (χ0) is 12.3. The number of ether oxygens (including phenoxy) is 3. The lowest BCUT2D eigenvalue weighted by Gasteiger charge is -2.24. The van der Waals surface area contributed by atoms with E-state index in [0.717, 1.165) is 26.0 Å². The van der Waals surface area contributed by atoms with E-state index in [2.05, 4.69) is 12.2 Å². The fourth-order valence-electron chi connectivity index (χ4n) is 2.00. The second-order valence-corrected chi connectivity index (χ2v) is 4.63. The monoisotopic (exact) mass is 245 g/mol. The molecule has 1 heterocycles. The Morgan fingerprint density at radius 3 is 2.88 bits per heavy atom. The van der Waals surface area contributed by atoms with E-state index >= 15 is 0 Å². The lowest BCUT2D eigenvalue weighted by atomic mass is 10.1. The van der Waals surface area contributed by atoms with Crippen molar-refractivity contribution in [3.63, 3.8) is 0 Å². The first-order valence-corrected chi connectivity index (χ1v) is 6.78. The summed E-state index contributed by atoms with van der Waals surface area (Å²) in [6.45, 7) is 6.18. The zero-order valence-electron chi connectivity index (χ0n) is 11.2. The van der Waals surface area contributed by atoms with Gasteiger partial charge in [0.1, 0.15) is 0 Å². The molecule has 1 rings (SSSR count). The minimum absolute atomic E-state index is 0.295. The van der Waals surface area contributed by atoms with Crippen LogP contribution in [0.3, 0.4) is 0 Å². The van der Waals surface area contributed by atoms with Crippen LogP contribution in [0.5, 0.6) is 0 Å². The molecule has 0 saturated carbocycles. The fraction of sp³-hybridized carbons (Fsp3) is 1.00. The van der Waals surface area contributed by atoms with Gasteiger partial charge >= 0.3 is 0 Å². The summed E-state index contributed by atoms with van der Waals surface area (Å²) in [6, 6.07) is 0.295. The van der Waals surface area contributed by atoms with Crippen LogP contribution in [-0.2, 0) is 14.2 Å². The van der Waals surface area contributed by atoms with Gasteiger partial charge in [-0.05, 0) is 32.2 Å². The van der Waals surface area contributed by atoms with Crippen LogP contribution in [0.4, 0.5) is 0 Å². The summed E-state index contributed by atoms with van der Waals surface area (Å²) in [5.74, 6) is 0. The molecule has 1 aliphatic rings. The Morgan fingerprint density at radius 2 is 2.24 bits per heavy atom. The Balaban J connectivity index is 2.07. The predicted octanol–water partition coefficient (Wildman–Crippen LogP) is 1.59. The highest BCUT2D eigenvalue weighted by Crippen LogP contribution is 2.12. The van der Waals surface area contributed by atoms with Crippen molar-refractivity contribution in [3.05, 3.63) is 0 Å². The second kappa shape index (κ2) is 9.83. The molecule has 1 saturated heterocycles. The number of rotatable bonds is 9. The van der Waals surface area contributed by atoms with Crippen molar-refractivity contribution >= 4 is 0 Å². The van der Waals surface area contributed by atoms with Crippen LogP contribution in [0.15, 0.2) is 0 Å². The minimum Gasteiger partial charge on any atom is -0.383 e. The van der Waals surface area contributed by atoms with Gasteiger partial charge in [0.25, 0.3) is 0 Å². The number of nitrogens with one attached hydrogen (secondary N) is 1. The maximum Gasteiger partial charge on any atom is 0.0808 e. The Kier molecular flexibility index (Phi) is 8.61. The molecule has 1 N–H and O–H groups in total. The molecule has 4 nitrogen and oxygen atoms in total. The van der Waals surface area contributed by atoms with Gasteiger partial charge < -0.3 is 19.5 Å². The third-order valence-corrected chi connectivity index (χ3v) is 2.95. The average Bonchev–Trinajstić information content (AvgIpc) is 2.37. The standard InChI is InChI=1S/C13H27NO3/c1-3-7-14-12(9-15-2)10-16-11-13-6-4-5-8-17-13/h12-14H,3-11H2,1-2H3. The highest BCUT2D eigenvalue weighted by atomic mass is 16.5. The number of hydrogen-bond donors (Lipinski definition) is 1. The van der Waals surface area contributed by atoms with Gasteiger partial charge in [-0.3, -0.25) is 0 Å². The first kappa shape index (κ1) is 14.9. The summed E-state index contributed by atoms with van der Waals surface area (Å²) in [4.78, 5) is 0. The van der Waals surface area contributed by atoms with Crippen molar-refractivity contribution in [3.8, 4) is 0 Å². The summed E-state index contributed by atoms with van der Waals surface area (Å²) in [7, 11) is 1.73. The van der Waals surface area contributed by atoms with Crippen LogP contribution in [-0.4, -0.2) is 52.2 Å². The van der Waals surface area contributed by atoms with E-state index < -0.39 is 0 Å². The molecule has 4 heteroatoms. The molecule has 102 valence electrons. The topological polar surface area (TPSA) is 39.7 Å². The van der Waals surface area contributed by atoms with Gasteiger partial charge in [-0.2, -0.15) is 0 Å². The number of hydrogen-bond acceptors (Lipinski definition) is 4. The van der Waals surface area contributed by atoms with Crippen LogP contribution < -0.4 is 5.32 Å². The second-order valence-electron chi connectivity index (χ2n) is 4.63. The van der Waals surface area contributed by atoms with Gasteiger partial charge in [0, 0.05) is 13.7 Å². The molecule has 0 aliphatic carbocycles. The lowest BCUT2D eigenvalue weighted by molar-refractivity contribution is -0.0471. The number of methoxy groups -OCH3 is 1. The summed E-state index contributed by atoms with van der Waals surface area (Å²) >= 11 is 0. The highest BCUT2D eigenvalue weighted by Gasteiger charge is 2.15. The third kappa shape index (κ3) is 6.99. The van der Waals surface area contributed by atoms with Gasteiger partial charge in [-0.15, -0.1) is 0 Å². The van der Waals surface area contributed by atoms with E-state index in [4.69, 9.17) is 14.2 Å². The highest BCUT2D eigenvalue weighted by molar-refractivity contribution is 4.67. The van der Waals surface area contributed by atoms with Gasteiger partial charge in [-0.25, -0.2) is 0 Å². The molecule has 2 atom stereocenters. The van der Waals surface area contributed by atoms with E-state index in [-0.39, 0.29) is 0 Å². The summed E-state index contributed by atoms with van der Waals surface area (Å²) in [6.07, 6.45) is 5.03. The normalized spacial score (nSPS) is 22.6. The largest absolute Gasteiger partial charge is 0.383 e. The van der Waals surface area contributed by atoms with E-state index in [9.17, 15) is 0 Å². The molecule has 17 heavy (non-hydrogen) atoms. The molecule has 0 amide bonds. The first-order chi connectivity index (χ1) is 8.36. The maximum absolute atomic E-state index is 5.72. The molecule has 1 fully saturated rings. The Morgan fingerprint density at radius 1 is 1.35 bits per heavy atom. The SMILES string of the molecule is CCCNC(COC)COCC1CCCCO1. The van der Waals surface area contributed by atoms with Crippen molar-refractivity contribution in [1.82, 2.24) is 5.32 Å². The maximum atomic E-state index is 5.72. The van der Waals surface area contributed by atoms with E-state index in [0.29, 0.717) is 32.0 Å². The molecule has 2 unspecified atom stereocenters. The molecule has 0 aromatic carbocycles. The van der Waals surface area contributed by atoms with Crippen molar-refractivity contribution < 1.29 is 14.2 Å². The molecule has 0 bridgehead atoms. The van der Waals surface area contributed by atoms with E-state index in [1.807, 2.05) is 0 Å². The van der Waals surface area contributed by atoms with Crippen LogP contribution >= 0.6 is 0 Å². The van der Waals surface area contributed by atoms with Gasteiger partial charge in [0.2, 0.25) is 0 Å². The first-order valence-electron chi connectivity index (χ1n) is 6.78. The van der Waals surface area contributed by atoms with Crippen LogP contribution in [0.2, 0.25) is 0 Å². The van der Waals surface area contributed by atoms with Crippen LogP contribution in [0, 0.1) is 0 Å². The minimum atomic E-state index is 0.295. The smallest absolute Gasteiger partial charge is 0.0808 e. The fourth-order valence-corrected chi connectivity index (χ4v) is 2.00. The molecule has 0 radical (unpaired) electrons. The molecule has 0 spiro atoms. The van der Waals surface area contributed by atoms with Gasteiger partial charge in [0.15, 0.2) is 0 Å². The molecule has 1 aliphatic heterocycles. The predicted molar refractivity (Wildman–Crippen MR) is 68.4 cm³/mol. The Hall–Kier alpha value is -0.160. The van der Waals surface area contributed by atoms with Crippen molar-refractivity contribution in [1.29, 1.82) is 0 Å². The molecular formula is C13H27NO3. The average molecular weight is 245 g/mol. The summed E-state index contributed by atoms with van der Waals surface area (Å²) in [5.41, 5.74) is 0. The van der Waals surface area contributed by atoms with E-state index in [1.165, 1.54) is 12.8 Å². The summed E-state index contributed by atoms with van der Waals surface area (Å²) < 4.78 is 16.5. The quantitative estimate of drug-likeness (QED) is 0.669.